The van der Waals surface area contributed by atoms with Crippen LogP contribution in [0.5, 0.6) is 11.5 Å². The van der Waals surface area contributed by atoms with Crippen LogP contribution < -0.4 is 20.5 Å². The van der Waals surface area contributed by atoms with Crippen molar-refractivity contribution in [1.82, 2.24) is 5.32 Å². The summed E-state index contributed by atoms with van der Waals surface area (Å²) in [4.78, 5) is 14.8. The Bertz CT molecular complexity index is 814. The Hall–Kier alpha value is -3.28. The number of rotatable bonds is 5. The Balaban J connectivity index is 1.77. The van der Waals surface area contributed by atoms with Crippen molar-refractivity contribution in [3.8, 4) is 11.5 Å². The largest absolute Gasteiger partial charge is 0.493 e. The highest BCUT2D eigenvalue weighted by Gasteiger charge is 2.16. The summed E-state index contributed by atoms with van der Waals surface area (Å²) < 4.78 is 11.2. The summed E-state index contributed by atoms with van der Waals surface area (Å²) in [5.41, 5.74) is 8.03. The molecule has 1 aliphatic heterocycles. The average molecular weight is 323 g/mol. The number of amides is 2. The Morgan fingerprint density at radius 2 is 1.96 bits per heavy atom. The van der Waals surface area contributed by atoms with Crippen LogP contribution in [0, 0.1) is 0 Å². The fourth-order valence-corrected chi connectivity index (χ4v) is 2.28. The number of urea groups is 1. The van der Waals surface area contributed by atoms with Crippen molar-refractivity contribution < 1.29 is 14.3 Å². The van der Waals surface area contributed by atoms with Gasteiger partial charge in [-0.3, -0.25) is 0 Å². The molecule has 24 heavy (non-hydrogen) atoms. The highest BCUT2D eigenvalue weighted by Crippen LogP contribution is 2.29. The molecule has 0 aromatic heterocycles. The van der Waals surface area contributed by atoms with Crippen molar-refractivity contribution in [2.45, 2.75) is 6.61 Å². The molecule has 1 heterocycles. The number of nitrogens with two attached hydrogens (primary N) is 1. The van der Waals surface area contributed by atoms with Gasteiger partial charge in [0.15, 0.2) is 17.3 Å². The third-order valence-electron chi connectivity index (χ3n) is 3.48. The van der Waals surface area contributed by atoms with Gasteiger partial charge in [0.25, 0.3) is 0 Å². The summed E-state index contributed by atoms with van der Waals surface area (Å²) in [6.45, 7) is 0.452. The lowest BCUT2D eigenvalue weighted by atomic mass is 10.1. The maximum atomic E-state index is 11.2. The van der Waals surface area contributed by atoms with E-state index in [-0.39, 0.29) is 5.84 Å². The molecule has 2 aromatic carbocycles. The zero-order valence-corrected chi connectivity index (χ0v) is 13.2. The highest BCUT2D eigenvalue weighted by atomic mass is 16.5. The molecule has 3 N–H and O–H groups in total. The summed E-state index contributed by atoms with van der Waals surface area (Å²) in [7, 11) is 1.58. The molecule has 0 bridgehead atoms. The van der Waals surface area contributed by atoms with Crippen LogP contribution in [-0.4, -0.2) is 19.0 Å². The van der Waals surface area contributed by atoms with Gasteiger partial charge in [-0.05, 0) is 29.3 Å². The van der Waals surface area contributed by atoms with Crippen LogP contribution in [0.3, 0.4) is 0 Å². The Labute approximate surface area is 139 Å². The first-order valence-corrected chi connectivity index (χ1v) is 7.37. The second kappa shape index (κ2) is 6.87. The zero-order chi connectivity index (χ0) is 16.9. The number of aliphatic imine (C=N–C) groups is 1. The maximum absolute atomic E-state index is 11.2. The van der Waals surface area contributed by atoms with Gasteiger partial charge in [0, 0.05) is 0 Å². The van der Waals surface area contributed by atoms with Crippen LogP contribution in [0.4, 0.5) is 4.79 Å². The van der Waals surface area contributed by atoms with E-state index in [1.807, 2.05) is 48.5 Å². The molecule has 122 valence electrons. The SMILES string of the molecule is COc1cc(C=C2NC(=O)N=C2N)ccc1OCc1ccccc1. The fraction of sp³-hybridized carbons (Fsp3) is 0.111. The third-order valence-corrected chi connectivity index (χ3v) is 3.48. The van der Waals surface area contributed by atoms with E-state index in [0.29, 0.717) is 23.8 Å². The monoisotopic (exact) mass is 323 g/mol. The van der Waals surface area contributed by atoms with Crippen LogP contribution in [0.25, 0.3) is 6.08 Å². The van der Waals surface area contributed by atoms with Crippen LogP contribution >= 0.6 is 0 Å². The third kappa shape index (κ3) is 3.55. The maximum Gasteiger partial charge on any atom is 0.347 e. The van der Waals surface area contributed by atoms with Gasteiger partial charge >= 0.3 is 6.03 Å². The Morgan fingerprint density at radius 3 is 2.62 bits per heavy atom. The van der Waals surface area contributed by atoms with E-state index < -0.39 is 6.03 Å². The topological polar surface area (TPSA) is 85.9 Å². The molecular formula is C18H17N3O3. The summed E-state index contributed by atoms with van der Waals surface area (Å²) in [5.74, 6) is 1.41. The molecule has 0 atom stereocenters. The number of methoxy groups -OCH3 is 1. The standard InChI is InChI=1S/C18H17N3O3/c1-23-16-10-13(9-14-17(19)21-18(22)20-14)7-8-15(16)24-11-12-5-3-2-4-6-12/h2-10H,11H2,1H3,(H3,19,20,21,22). The number of hydrogen-bond donors (Lipinski definition) is 2. The van der Waals surface area contributed by atoms with Crippen molar-refractivity contribution in [2.75, 3.05) is 7.11 Å². The molecule has 3 rings (SSSR count). The summed E-state index contributed by atoms with van der Waals surface area (Å²) in [6, 6.07) is 14.9. The van der Waals surface area contributed by atoms with Crippen molar-refractivity contribution >= 4 is 17.9 Å². The van der Waals surface area contributed by atoms with Crippen LogP contribution in [0.15, 0.2) is 59.2 Å². The van der Waals surface area contributed by atoms with Crippen molar-refractivity contribution in [3.63, 3.8) is 0 Å². The smallest absolute Gasteiger partial charge is 0.347 e. The molecular weight excluding hydrogens is 306 g/mol. The number of hydrogen-bond acceptors (Lipinski definition) is 4. The fourth-order valence-electron chi connectivity index (χ4n) is 2.28. The second-order valence-electron chi connectivity index (χ2n) is 5.17. The number of amidine groups is 1. The van der Waals surface area contributed by atoms with Crippen molar-refractivity contribution in [2.24, 2.45) is 10.7 Å². The van der Waals surface area contributed by atoms with Gasteiger partial charge in [-0.2, -0.15) is 4.99 Å². The van der Waals surface area contributed by atoms with E-state index in [0.717, 1.165) is 11.1 Å². The van der Waals surface area contributed by atoms with Crippen LogP contribution in [0.1, 0.15) is 11.1 Å². The molecule has 2 aromatic rings. The van der Waals surface area contributed by atoms with E-state index in [4.69, 9.17) is 15.2 Å². The lowest BCUT2D eigenvalue weighted by Crippen LogP contribution is -2.19. The Kier molecular flexibility index (Phi) is 4.47. The van der Waals surface area contributed by atoms with Crippen molar-refractivity contribution in [3.05, 3.63) is 65.4 Å². The second-order valence-corrected chi connectivity index (χ2v) is 5.17. The first kappa shape index (κ1) is 15.6. The minimum absolute atomic E-state index is 0.170. The summed E-state index contributed by atoms with van der Waals surface area (Å²) in [6.07, 6.45) is 1.73. The minimum Gasteiger partial charge on any atom is -0.493 e. The summed E-state index contributed by atoms with van der Waals surface area (Å²) >= 11 is 0. The Morgan fingerprint density at radius 1 is 1.17 bits per heavy atom. The van der Waals surface area contributed by atoms with E-state index >= 15 is 0 Å². The molecule has 6 nitrogen and oxygen atoms in total. The summed E-state index contributed by atoms with van der Waals surface area (Å²) in [5, 5.41) is 2.57. The number of carbonyl (C=O) groups is 1. The molecule has 1 aliphatic rings. The molecule has 0 unspecified atom stereocenters. The predicted octanol–water partition coefficient (Wildman–Crippen LogP) is 2.70. The molecule has 0 radical (unpaired) electrons. The van der Waals surface area contributed by atoms with Gasteiger partial charge in [-0.25, -0.2) is 4.79 Å². The van der Waals surface area contributed by atoms with Gasteiger partial charge in [0.1, 0.15) is 6.61 Å². The van der Waals surface area contributed by atoms with E-state index in [9.17, 15) is 4.79 Å². The first-order chi connectivity index (χ1) is 11.7. The van der Waals surface area contributed by atoms with Gasteiger partial charge < -0.3 is 20.5 Å². The first-order valence-electron chi connectivity index (χ1n) is 7.37. The molecule has 0 saturated heterocycles. The predicted molar refractivity (Wildman–Crippen MR) is 91.9 cm³/mol. The highest BCUT2D eigenvalue weighted by molar-refractivity contribution is 6.13. The van der Waals surface area contributed by atoms with Gasteiger partial charge in [0.2, 0.25) is 0 Å². The molecule has 0 saturated carbocycles. The zero-order valence-electron chi connectivity index (χ0n) is 13.2. The minimum atomic E-state index is -0.464. The number of nitrogens with one attached hydrogen (secondary N) is 1. The van der Waals surface area contributed by atoms with E-state index in [1.165, 1.54) is 0 Å². The normalized spacial score (nSPS) is 15.1. The molecule has 6 heteroatoms. The average Bonchev–Trinajstić information content (AvgIpc) is 2.91. The lowest BCUT2D eigenvalue weighted by Gasteiger charge is -2.11. The van der Waals surface area contributed by atoms with E-state index in [1.54, 1.807) is 13.2 Å². The quantitative estimate of drug-likeness (QED) is 0.886. The number of nitrogens with zero attached hydrogens (tertiary/aromatic N) is 1. The van der Waals surface area contributed by atoms with Crippen LogP contribution in [-0.2, 0) is 6.61 Å². The van der Waals surface area contributed by atoms with Crippen molar-refractivity contribution in [1.29, 1.82) is 0 Å². The van der Waals surface area contributed by atoms with Crippen LogP contribution in [0.2, 0.25) is 0 Å². The molecule has 0 fully saturated rings. The lowest BCUT2D eigenvalue weighted by molar-refractivity contribution is 0.253. The van der Waals surface area contributed by atoms with Gasteiger partial charge in [0.05, 0.1) is 12.8 Å². The van der Waals surface area contributed by atoms with Gasteiger partial charge in [-0.15, -0.1) is 0 Å². The number of ether oxygens (including phenoxy) is 2. The number of carbonyl (C=O) groups excluding carboxylic acids is 1. The number of benzene rings is 2. The molecule has 2 amide bonds. The molecule has 0 spiro atoms. The van der Waals surface area contributed by atoms with Gasteiger partial charge in [-0.1, -0.05) is 36.4 Å². The van der Waals surface area contributed by atoms with E-state index in [2.05, 4.69) is 10.3 Å². The molecule has 0 aliphatic carbocycles.